The smallest absolute Gasteiger partial charge is 0.0622 e. The Hall–Kier alpha value is 0.250. The van der Waals surface area contributed by atoms with Crippen LogP contribution in [0, 0.1) is 5.92 Å². The molecule has 0 aromatic heterocycles. The fourth-order valence-corrected chi connectivity index (χ4v) is 1.67. The first-order chi connectivity index (χ1) is 5.87. The quantitative estimate of drug-likeness (QED) is 0.600. The van der Waals surface area contributed by atoms with Crippen LogP contribution in [0.3, 0.4) is 0 Å². The molecule has 0 fully saturated rings. The van der Waals surface area contributed by atoms with Gasteiger partial charge in [0.2, 0.25) is 0 Å². The van der Waals surface area contributed by atoms with Gasteiger partial charge in [0.25, 0.3) is 0 Å². The minimum atomic E-state index is 0.0177. The van der Waals surface area contributed by atoms with Gasteiger partial charge in [-0.05, 0) is 46.0 Å². The molecule has 0 heterocycles. The molecule has 2 heteroatoms. The molecule has 0 radical (unpaired) electrons. The van der Waals surface area contributed by atoms with E-state index in [9.17, 15) is 0 Å². The Labute approximate surface area is 87.8 Å². The second kappa shape index (κ2) is 5.87. The van der Waals surface area contributed by atoms with Gasteiger partial charge in [0.05, 0.1) is 5.60 Å². The third-order valence-electron chi connectivity index (χ3n) is 2.52. The summed E-state index contributed by atoms with van der Waals surface area (Å²) in [6.07, 6.45) is 3.40. The van der Waals surface area contributed by atoms with Crippen molar-refractivity contribution < 1.29 is 4.74 Å². The van der Waals surface area contributed by atoms with Crippen molar-refractivity contribution in [3.05, 3.63) is 0 Å². The molecule has 0 spiro atoms. The first-order valence-electron chi connectivity index (χ1n) is 5.06. The molecule has 0 saturated carbocycles. The molecule has 0 N–H and O–H groups in total. The number of methoxy groups -OCH3 is 1. The van der Waals surface area contributed by atoms with Crippen molar-refractivity contribution in [3.8, 4) is 0 Å². The molecule has 0 amide bonds. The van der Waals surface area contributed by atoms with E-state index >= 15 is 0 Å². The Kier molecular flexibility index (Phi) is 5.98. The Bertz CT molecular complexity index is 132. The van der Waals surface area contributed by atoms with E-state index in [1.54, 1.807) is 7.11 Å². The standard InChI is InChI=1S/C11H23ClO/c1-9(8-10(2)12)6-7-11(3,4)13-5/h9-10H,6-8H2,1-5H3. The summed E-state index contributed by atoms with van der Waals surface area (Å²) in [5.41, 5.74) is 0.0177. The summed E-state index contributed by atoms with van der Waals surface area (Å²) in [6, 6.07) is 0. The van der Waals surface area contributed by atoms with Crippen molar-refractivity contribution in [1.82, 2.24) is 0 Å². The molecule has 13 heavy (non-hydrogen) atoms. The maximum atomic E-state index is 5.93. The molecule has 0 aromatic rings. The number of hydrogen-bond acceptors (Lipinski definition) is 1. The van der Waals surface area contributed by atoms with Crippen LogP contribution in [0.2, 0.25) is 0 Å². The van der Waals surface area contributed by atoms with Gasteiger partial charge in [-0.25, -0.2) is 0 Å². The average molecular weight is 207 g/mol. The van der Waals surface area contributed by atoms with E-state index in [1.165, 1.54) is 6.42 Å². The summed E-state index contributed by atoms with van der Waals surface area (Å²) in [6.45, 7) is 8.57. The average Bonchev–Trinajstić information content (AvgIpc) is 2.00. The zero-order chi connectivity index (χ0) is 10.5. The first-order valence-corrected chi connectivity index (χ1v) is 5.50. The lowest BCUT2D eigenvalue weighted by molar-refractivity contribution is 0.0106. The summed E-state index contributed by atoms with van der Waals surface area (Å²) in [5.74, 6) is 0.696. The van der Waals surface area contributed by atoms with E-state index < -0.39 is 0 Å². The summed E-state index contributed by atoms with van der Waals surface area (Å²) >= 11 is 5.93. The van der Waals surface area contributed by atoms with E-state index in [4.69, 9.17) is 16.3 Å². The van der Waals surface area contributed by atoms with Gasteiger partial charge in [-0.3, -0.25) is 0 Å². The van der Waals surface area contributed by atoms with Gasteiger partial charge >= 0.3 is 0 Å². The second-order valence-electron chi connectivity index (χ2n) is 4.62. The van der Waals surface area contributed by atoms with Gasteiger partial charge in [-0.15, -0.1) is 11.6 Å². The van der Waals surface area contributed by atoms with E-state index in [1.807, 2.05) is 0 Å². The maximum Gasteiger partial charge on any atom is 0.0622 e. The topological polar surface area (TPSA) is 9.23 Å². The summed E-state index contributed by atoms with van der Waals surface area (Å²) in [4.78, 5) is 0. The van der Waals surface area contributed by atoms with Crippen molar-refractivity contribution in [2.75, 3.05) is 7.11 Å². The number of ether oxygens (including phenoxy) is 1. The summed E-state index contributed by atoms with van der Waals surface area (Å²) in [7, 11) is 1.77. The lowest BCUT2D eigenvalue weighted by Gasteiger charge is -2.24. The van der Waals surface area contributed by atoms with Gasteiger partial charge in [-0.2, -0.15) is 0 Å². The van der Waals surface area contributed by atoms with E-state index in [2.05, 4.69) is 27.7 Å². The molecule has 2 atom stereocenters. The number of hydrogen-bond donors (Lipinski definition) is 0. The Morgan fingerprint density at radius 2 is 1.85 bits per heavy atom. The zero-order valence-corrected chi connectivity index (χ0v) is 10.3. The van der Waals surface area contributed by atoms with Gasteiger partial charge in [0, 0.05) is 12.5 Å². The maximum absolute atomic E-state index is 5.93. The molecule has 0 rings (SSSR count). The molecule has 0 aliphatic rings. The van der Waals surface area contributed by atoms with Gasteiger partial charge in [0.15, 0.2) is 0 Å². The predicted octanol–water partition coefficient (Wildman–Crippen LogP) is 3.85. The minimum absolute atomic E-state index is 0.0177. The van der Waals surface area contributed by atoms with Crippen molar-refractivity contribution in [1.29, 1.82) is 0 Å². The van der Waals surface area contributed by atoms with Crippen LogP contribution in [0.5, 0.6) is 0 Å². The highest BCUT2D eigenvalue weighted by molar-refractivity contribution is 6.20. The van der Waals surface area contributed by atoms with Gasteiger partial charge < -0.3 is 4.74 Å². The first kappa shape index (κ1) is 13.2. The molecule has 0 saturated heterocycles. The van der Waals surface area contributed by atoms with Crippen molar-refractivity contribution in [2.45, 2.75) is 57.9 Å². The number of alkyl halides is 1. The predicted molar refractivity (Wildman–Crippen MR) is 59.4 cm³/mol. The van der Waals surface area contributed by atoms with Crippen LogP contribution in [0.25, 0.3) is 0 Å². The number of halogens is 1. The largest absolute Gasteiger partial charge is 0.379 e. The fraction of sp³-hybridized carbons (Fsp3) is 1.00. The Balaban J connectivity index is 3.63. The Morgan fingerprint density at radius 1 is 1.31 bits per heavy atom. The highest BCUT2D eigenvalue weighted by atomic mass is 35.5. The van der Waals surface area contributed by atoms with Crippen LogP contribution in [-0.4, -0.2) is 18.1 Å². The van der Waals surface area contributed by atoms with Crippen LogP contribution in [0.15, 0.2) is 0 Å². The molecule has 0 aromatic carbocycles. The third-order valence-corrected chi connectivity index (χ3v) is 2.70. The third kappa shape index (κ3) is 7.33. The van der Waals surface area contributed by atoms with E-state index in [-0.39, 0.29) is 5.60 Å². The Morgan fingerprint density at radius 3 is 2.23 bits per heavy atom. The SMILES string of the molecule is COC(C)(C)CCC(C)CC(C)Cl. The van der Waals surface area contributed by atoms with Crippen LogP contribution in [0.1, 0.15) is 47.0 Å². The highest BCUT2D eigenvalue weighted by Crippen LogP contribution is 2.22. The van der Waals surface area contributed by atoms with Crippen LogP contribution in [0.4, 0.5) is 0 Å². The molecule has 0 aliphatic carbocycles. The summed E-state index contributed by atoms with van der Waals surface area (Å²) < 4.78 is 5.36. The monoisotopic (exact) mass is 206 g/mol. The molecule has 80 valence electrons. The lowest BCUT2D eigenvalue weighted by Crippen LogP contribution is -2.23. The molecule has 1 nitrogen and oxygen atoms in total. The second-order valence-corrected chi connectivity index (χ2v) is 5.37. The minimum Gasteiger partial charge on any atom is -0.379 e. The van der Waals surface area contributed by atoms with Gasteiger partial charge in [0.1, 0.15) is 0 Å². The zero-order valence-electron chi connectivity index (χ0n) is 9.56. The molecular formula is C11H23ClO. The van der Waals surface area contributed by atoms with Crippen LogP contribution in [-0.2, 0) is 4.74 Å². The summed E-state index contributed by atoms with van der Waals surface area (Å²) in [5, 5.41) is 0.292. The van der Waals surface area contributed by atoms with Crippen molar-refractivity contribution in [2.24, 2.45) is 5.92 Å². The van der Waals surface area contributed by atoms with Gasteiger partial charge in [-0.1, -0.05) is 6.92 Å². The molecular weight excluding hydrogens is 184 g/mol. The molecule has 0 bridgehead atoms. The van der Waals surface area contributed by atoms with E-state index in [0.717, 1.165) is 12.8 Å². The fourth-order valence-electron chi connectivity index (χ4n) is 1.37. The van der Waals surface area contributed by atoms with Crippen molar-refractivity contribution >= 4 is 11.6 Å². The lowest BCUT2D eigenvalue weighted by atomic mass is 9.93. The van der Waals surface area contributed by atoms with Crippen LogP contribution >= 0.6 is 11.6 Å². The molecule has 0 aliphatic heterocycles. The highest BCUT2D eigenvalue weighted by Gasteiger charge is 2.17. The van der Waals surface area contributed by atoms with Crippen molar-refractivity contribution in [3.63, 3.8) is 0 Å². The normalized spacial score (nSPS) is 17.1. The number of rotatable bonds is 6. The molecule has 2 unspecified atom stereocenters. The van der Waals surface area contributed by atoms with E-state index in [0.29, 0.717) is 11.3 Å². The van der Waals surface area contributed by atoms with Crippen LogP contribution < -0.4 is 0 Å².